The van der Waals surface area contributed by atoms with E-state index in [4.69, 9.17) is 25.8 Å². The van der Waals surface area contributed by atoms with Crippen molar-refractivity contribution in [2.45, 2.75) is 131 Å². The van der Waals surface area contributed by atoms with Crippen molar-refractivity contribution in [3.63, 3.8) is 0 Å². The van der Waals surface area contributed by atoms with Crippen molar-refractivity contribution in [1.29, 1.82) is 0 Å². The number of isothiocyanates is 2. The number of carboxylic acid groups (broad SMARTS) is 1. The maximum atomic E-state index is 12.0. The first kappa shape index (κ1) is 74.1. The van der Waals surface area contributed by atoms with Crippen LogP contribution in [0, 0.1) is 0 Å². The number of aromatic carboxylic acids is 1. The van der Waals surface area contributed by atoms with Crippen molar-refractivity contribution in [1.82, 2.24) is 19.9 Å². The number of anilines is 6. The van der Waals surface area contributed by atoms with Crippen molar-refractivity contribution in [2.24, 2.45) is 0 Å². The number of aromatic nitrogens is 4. The molecule has 10 rings (SSSR count). The summed E-state index contributed by atoms with van der Waals surface area (Å²) in [6.07, 6.45) is 13.7. The summed E-state index contributed by atoms with van der Waals surface area (Å²) in [7, 11) is 0. The number of aryl methyl sites for hydroxylation is 2. The Morgan fingerprint density at radius 3 is 1.09 bits per heavy atom. The summed E-state index contributed by atoms with van der Waals surface area (Å²) < 4.78 is 0. The molecule has 0 saturated carbocycles. The molecule has 488 valence electrons. The van der Waals surface area contributed by atoms with E-state index in [1.165, 1.54) is 56.0 Å². The summed E-state index contributed by atoms with van der Waals surface area (Å²) in [5.74, 6) is -1.03. The van der Waals surface area contributed by atoms with Gasteiger partial charge >= 0.3 is 25.4 Å². The average Bonchev–Trinajstić information content (AvgIpc) is 0.806. The summed E-state index contributed by atoms with van der Waals surface area (Å²) in [4.78, 5) is 36.4. The van der Waals surface area contributed by atoms with Crippen LogP contribution in [0.3, 0.4) is 0 Å². The number of benzene rings is 6. The van der Waals surface area contributed by atoms with Crippen molar-refractivity contribution < 1.29 is 29.4 Å². The summed E-state index contributed by atoms with van der Waals surface area (Å²) in [6, 6.07) is 66.4. The number of hydrogen-bond donors (Lipinski definition) is 1. The standard InChI is InChI=1S/C81H84N6O2.2CNS.Ru/c1-15-56-51-69(86(65-36-26-61(27-37-65)78(3,4)5)66-38-28-62(29-39-66)79(6,7)8)34-24-58(56)22-20-54-44-46-82-73(48-54)76-50-55(49-75(85-76)72-19-17-18-71(84-72)74-53-60(77(88)89)45-47-83-74)21-23-59-25-35-70(52-57(59)16-2)87(67-40-30-63(31-41-67)80(9,10)11)68-42-32-64(33-43-68)81(12,13)14;2*2-1-3;/h17-53H,15-16H2,1-14H3,(H,88,89);;;/q;2*-1;+2/b22-20+,23-21+;;;. The van der Waals surface area contributed by atoms with Gasteiger partial charge in [0, 0.05) is 46.5 Å². The van der Waals surface area contributed by atoms with Gasteiger partial charge in [-0.25, -0.2) is 14.8 Å². The Kier molecular flexibility index (Phi) is 25.0. The fraction of sp³-hybridized carbons (Fsp3) is 0.241. The molecular formula is C83H84N8O2RuS2. The van der Waals surface area contributed by atoms with E-state index in [-0.39, 0.29) is 46.7 Å². The van der Waals surface area contributed by atoms with Crippen LogP contribution in [-0.4, -0.2) is 41.3 Å². The maximum absolute atomic E-state index is 12.0. The van der Waals surface area contributed by atoms with Crippen LogP contribution in [-0.2, 0) is 54.0 Å². The Balaban J connectivity index is 0.00000179. The van der Waals surface area contributed by atoms with E-state index < -0.39 is 5.97 Å². The summed E-state index contributed by atoms with van der Waals surface area (Å²) >= 11 is 7.40. The Labute approximate surface area is 592 Å². The number of rotatable bonds is 16. The van der Waals surface area contributed by atoms with Gasteiger partial charge in [0.15, 0.2) is 0 Å². The van der Waals surface area contributed by atoms with Gasteiger partial charge < -0.3 is 25.7 Å². The second-order valence-corrected chi connectivity index (χ2v) is 27.8. The summed E-state index contributed by atoms with van der Waals surface area (Å²) in [6.45, 7) is 31.5. The molecule has 0 aliphatic carbocycles. The molecule has 0 fully saturated rings. The molecule has 4 heterocycles. The van der Waals surface area contributed by atoms with E-state index >= 15 is 0 Å². The van der Waals surface area contributed by atoms with Crippen molar-refractivity contribution in [3.05, 3.63) is 272 Å². The van der Waals surface area contributed by atoms with Crippen LogP contribution in [0.4, 0.5) is 34.1 Å². The monoisotopic (exact) mass is 1390 g/mol. The third-order valence-electron chi connectivity index (χ3n) is 16.6. The molecule has 0 aliphatic rings. The van der Waals surface area contributed by atoms with E-state index in [9.17, 15) is 9.90 Å². The number of thiocarbonyl (C=S) groups is 2. The van der Waals surface area contributed by atoms with Crippen LogP contribution in [0.25, 0.3) is 69.3 Å². The van der Waals surface area contributed by atoms with E-state index in [1.807, 2.05) is 36.5 Å². The molecule has 0 atom stereocenters. The number of pyridine rings is 4. The quantitative estimate of drug-likeness (QED) is 0.0565. The minimum Gasteiger partial charge on any atom is -0.753 e. The van der Waals surface area contributed by atoms with E-state index in [2.05, 4.69) is 306 Å². The van der Waals surface area contributed by atoms with Crippen LogP contribution in [0.2, 0.25) is 0 Å². The number of carboxylic acids is 1. The fourth-order valence-electron chi connectivity index (χ4n) is 11.1. The molecule has 6 aromatic carbocycles. The van der Waals surface area contributed by atoms with Gasteiger partial charge in [-0.05, 0) is 211 Å². The predicted molar refractivity (Wildman–Crippen MR) is 406 cm³/mol. The fourth-order valence-corrected chi connectivity index (χ4v) is 11.1. The van der Waals surface area contributed by atoms with Gasteiger partial charge in [-0.3, -0.25) is 9.97 Å². The van der Waals surface area contributed by atoms with Gasteiger partial charge in [-0.2, -0.15) is 10.3 Å². The van der Waals surface area contributed by atoms with Crippen LogP contribution < -0.4 is 9.80 Å². The smallest absolute Gasteiger partial charge is 0.753 e. The van der Waals surface area contributed by atoms with Crippen molar-refractivity contribution in [3.8, 4) is 34.2 Å². The zero-order valence-corrected chi connectivity index (χ0v) is 60.8. The number of nitrogens with zero attached hydrogens (tertiary/aromatic N) is 8. The maximum Gasteiger partial charge on any atom is 2.00 e. The molecule has 0 radical (unpaired) electrons. The minimum absolute atomic E-state index is 0. The molecule has 96 heavy (non-hydrogen) atoms. The van der Waals surface area contributed by atoms with Gasteiger partial charge in [0.2, 0.25) is 0 Å². The largest absolute Gasteiger partial charge is 2.00 e. The van der Waals surface area contributed by atoms with Crippen LogP contribution in [0.5, 0.6) is 0 Å². The molecule has 10 aromatic rings. The zero-order chi connectivity index (χ0) is 68.8. The van der Waals surface area contributed by atoms with Crippen LogP contribution in [0.15, 0.2) is 200 Å². The minimum atomic E-state index is -1.03. The first-order valence-corrected chi connectivity index (χ1v) is 32.8. The Morgan fingerprint density at radius 2 is 0.729 bits per heavy atom. The topological polar surface area (TPSA) is 140 Å². The first-order chi connectivity index (χ1) is 45.1. The predicted octanol–water partition coefficient (Wildman–Crippen LogP) is 22.9. The van der Waals surface area contributed by atoms with E-state index in [1.54, 1.807) is 6.07 Å². The SMILES string of the molecule is CCc1cc(N(c2ccc(C(C)(C)C)cc2)c2ccc(C(C)(C)C)cc2)ccc1/C=C/c1ccnc(-c2cc(/C=C/c3ccc(N(c4ccc(C(C)(C)C)cc4)c4ccc(C(C)(C)C)cc4)cc3CC)cc(-c3cccc(-c4cc(C(=O)O)ccn4)n3)n2)c1.[N-]=C=S.[N-]=C=S.[Ru+2]. The molecule has 0 amide bonds. The molecule has 4 aromatic heterocycles. The van der Waals surface area contributed by atoms with Gasteiger partial charge in [-0.15, -0.1) is 0 Å². The molecule has 0 aliphatic heterocycles. The third-order valence-corrected chi connectivity index (χ3v) is 16.6. The molecule has 0 unspecified atom stereocenters. The third kappa shape index (κ3) is 19.0. The average molecular weight is 1390 g/mol. The second kappa shape index (κ2) is 32.4. The van der Waals surface area contributed by atoms with Gasteiger partial charge in [-0.1, -0.05) is 212 Å². The Morgan fingerprint density at radius 1 is 0.417 bits per heavy atom. The Hall–Kier alpha value is -9.31. The van der Waals surface area contributed by atoms with E-state index in [0.717, 1.165) is 69.2 Å². The van der Waals surface area contributed by atoms with Crippen molar-refractivity contribution >= 4 is 99.2 Å². The van der Waals surface area contributed by atoms with Crippen LogP contribution in [0.1, 0.15) is 163 Å². The van der Waals surface area contributed by atoms with Gasteiger partial charge in [0.1, 0.15) is 0 Å². The molecule has 0 bridgehead atoms. The number of hydrogen-bond acceptors (Lipinski definition) is 9. The normalized spacial score (nSPS) is 11.5. The second-order valence-electron chi connectivity index (χ2n) is 27.5. The van der Waals surface area contributed by atoms with Gasteiger partial charge in [0.05, 0.1) is 39.7 Å². The molecular weight excluding hydrogens is 1310 g/mol. The van der Waals surface area contributed by atoms with Gasteiger partial charge in [0.25, 0.3) is 0 Å². The summed E-state index contributed by atoms with van der Waals surface area (Å²) in [5, 5.41) is 26.8. The Bertz CT molecular complexity index is 4320. The molecule has 10 nitrogen and oxygen atoms in total. The molecule has 1 N–H and O–H groups in total. The molecule has 0 saturated heterocycles. The first-order valence-electron chi connectivity index (χ1n) is 32.0. The zero-order valence-electron chi connectivity index (χ0n) is 57.4. The van der Waals surface area contributed by atoms with Crippen LogP contribution >= 0.6 is 24.4 Å². The molecule has 0 spiro atoms. The van der Waals surface area contributed by atoms with Crippen molar-refractivity contribution in [2.75, 3.05) is 9.80 Å². The summed E-state index contributed by atoms with van der Waals surface area (Å²) in [5.41, 5.74) is 22.2. The number of carbonyl (C=O) groups is 1. The van der Waals surface area contributed by atoms with E-state index in [0.29, 0.717) is 34.2 Å². The molecule has 13 heteroatoms.